The van der Waals surface area contributed by atoms with Gasteiger partial charge in [-0.1, -0.05) is 42.4 Å². The van der Waals surface area contributed by atoms with Gasteiger partial charge in [0.25, 0.3) is 5.56 Å². The first-order valence-electron chi connectivity index (χ1n) is 6.33. The van der Waals surface area contributed by atoms with Crippen molar-refractivity contribution in [1.82, 2.24) is 9.97 Å². The smallest absolute Gasteiger partial charge is 0.251 e. The van der Waals surface area contributed by atoms with Crippen molar-refractivity contribution in [3.05, 3.63) is 57.5 Å². The summed E-state index contributed by atoms with van der Waals surface area (Å²) in [5.41, 5.74) is 7.10. The molecule has 1 aromatic carbocycles. The van der Waals surface area contributed by atoms with E-state index in [1.54, 1.807) is 0 Å². The van der Waals surface area contributed by atoms with Gasteiger partial charge in [-0.15, -0.1) is 0 Å². The molecule has 106 valence electrons. The molecule has 0 fully saturated rings. The zero-order chi connectivity index (χ0) is 14.5. The highest BCUT2D eigenvalue weighted by Gasteiger charge is 2.21. The molecule has 1 heterocycles. The third-order valence-electron chi connectivity index (χ3n) is 2.95. The molecule has 20 heavy (non-hydrogen) atoms. The number of hydrogen-bond acceptors (Lipinski definition) is 4. The Labute approximate surface area is 126 Å². The van der Waals surface area contributed by atoms with E-state index < -0.39 is 0 Å². The molecule has 0 aliphatic rings. The largest absolute Gasteiger partial charge is 0.326 e. The molecule has 0 bridgehead atoms. The molecule has 0 spiro atoms. The number of halogens is 1. The molecule has 1 aromatic heterocycles. The molecule has 0 aliphatic heterocycles. The number of thioether (sulfide) groups is 1. The molecule has 2 atom stereocenters. The van der Waals surface area contributed by atoms with Gasteiger partial charge in [-0.25, -0.2) is 4.98 Å². The minimum Gasteiger partial charge on any atom is -0.326 e. The lowest BCUT2D eigenvalue weighted by Crippen LogP contribution is -2.26. The fourth-order valence-electron chi connectivity index (χ4n) is 1.80. The zero-order valence-electron chi connectivity index (χ0n) is 11.0. The van der Waals surface area contributed by atoms with Crippen molar-refractivity contribution in [3.8, 4) is 0 Å². The number of nitrogens with two attached hydrogens (primary N) is 1. The normalized spacial score (nSPS) is 13.9. The lowest BCUT2D eigenvalue weighted by atomic mass is 10.0. The highest BCUT2D eigenvalue weighted by atomic mass is 35.5. The first kappa shape index (κ1) is 15.1. The summed E-state index contributed by atoms with van der Waals surface area (Å²) in [5, 5.41) is 1.28. The van der Waals surface area contributed by atoms with Crippen LogP contribution in [0.15, 0.2) is 46.5 Å². The molecule has 0 saturated heterocycles. The van der Waals surface area contributed by atoms with Crippen LogP contribution < -0.4 is 11.3 Å². The van der Waals surface area contributed by atoms with Gasteiger partial charge in [0.15, 0.2) is 5.16 Å². The molecule has 2 rings (SSSR count). The number of aromatic nitrogens is 2. The van der Waals surface area contributed by atoms with Crippen LogP contribution in [0.3, 0.4) is 0 Å². The maximum Gasteiger partial charge on any atom is 0.251 e. The van der Waals surface area contributed by atoms with Crippen LogP contribution in [-0.2, 0) is 0 Å². The summed E-state index contributed by atoms with van der Waals surface area (Å²) in [7, 11) is 0. The van der Waals surface area contributed by atoms with E-state index in [-0.39, 0.29) is 16.9 Å². The molecule has 0 amide bonds. The van der Waals surface area contributed by atoms with Gasteiger partial charge < -0.3 is 10.7 Å². The number of H-pyrrole nitrogens is 1. The third-order valence-corrected chi connectivity index (χ3v) is 4.50. The maximum atomic E-state index is 11.3. The summed E-state index contributed by atoms with van der Waals surface area (Å²) < 4.78 is 0. The Bertz CT molecular complexity index is 614. The molecule has 6 heteroatoms. The average molecular weight is 310 g/mol. The molecule has 4 nitrogen and oxygen atoms in total. The van der Waals surface area contributed by atoms with Crippen molar-refractivity contribution in [3.63, 3.8) is 0 Å². The highest BCUT2D eigenvalue weighted by Crippen LogP contribution is 2.36. The molecule has 0 saturated carbocycles. The summed E-state index contributed by atoms with van der Waals surface area (Å²) in [5.74, 6) is 0. The number of hydrogen-bond donors (Lipinski definition) is 2. The SMILES string of the molecule is CCC(N)C(Sc1nccc(=O)[nH]1)c1ccc(Cl)cc1. The van der Waals surface area contributed by atoms with Crippen LogP contribution in [0.25, 0.3) is 0 Å². The van der Waals surface area contributed by atoms with E-state index in [9.17, 15) is 4.79 Å². The molecule has 0 aliphatic carbocycles. The summed E-state index contributed by atoms with van der Waals surface area (Å²) in [6.45, 7) is 2.04. The molecule has 0 radical (unpaired) electrons. The second kappa shape index (κ2) is 6.92. The van der Waals surface area contributed by atoms with Gasteiger partial charge in [-0.05, 0) is 24.1 Å². The van der Waals surface area contributed by atoms with Gasteiger partial charge in [-0.3, -0.25) is 4.79 Å². The standard InChI is InChI=1S/C14H16ClN3OS/c1-2-11(16)13(9-3-5-10(15)6-4-9)20-14-17-8-7-12(19)18-14/h3-8,11,13H,2,16H2,1H3,(H,17,18,19). The number of benzene rings is 1. The number of aromatic amines is 1. The number of nitrogens with zero attached hydrogens (tertiary/aromatic N) is 1. The Morgan fingerprint density at radius 2 is 2.05 bits per heavy atom. The number of nitrogens with one attached hydrogen (secondary N) is 1. The predicted molar refractivity (Wildman–Crippen MR) is 83.2 cm³/mol. The predicted octanol–water partition coefficient (Wildman–Crippen LogP) is 2.99. The van der Waals surface area contributed by atoms with E-state index in [1.807, 2.05) is 31.2 Å². The second-order valence-corrected chi connectivity index (χ2v) is 5.97. The van der Waals surface area contributed by atoms with Crippen LogP contribution >= 0.6 is 23.4 Å². The molecular formula is C14H16ClN3OS. The van der Waals surface area contributed by atoms with E-state index in [2.05, 4.69) is 9.97 Å². The van der Waals surface area contributed by atoms with Crippen molar-refractivity contribution >= 4 is 23.4 Å². The Hall–Kier alpha value is -1.30. The number of rotatable bonds is 5. The summed E-state index contributed by atoms with van der Waals surface area (Å²) in [6.07, 6.45) is 2.33. The van der Waals surface area contributed by atoms with E-state index in [0.717, 1.165) is 12.0 Å². The van der Waals surface area contributed by atoms with Crippen molar-refractivity contribution in [2.24, 2.45) is 5.73 Å². The van der Waals surface area contributed by atoms with Gasteiger partial charge in [0.05, 0.1) is 5.25 Å². The monoisotopic (exact) mass is 309 g/mol. The van der Waals surface area contributed by atoms with E-state index in [1.165, 1.54) is 24.0 Å². The van der Waals surface area contributed by atoms with Crippen LogP contribution in [0.2, 0.25) is 5.02 Å². The molecule has 2 aromatic rings. The van der Waals surface area contributed by atoms with Crippen molar-refractivity contribution in [1.29, 1.82) is 0 Å². The lowest BCUT2D eigenvalue weighted by Gasteiger charge is -2.22. The van der Waals surface area contributed by atoms with Crippen LogP contribution in [0.5, 0.6) is 0 Å². The Balaban J connectivity index is 2.28. The quantitative estimate of drug-likeness (QED) is 0.658. The van der Waals surface area contributed by atoms with Gasteiger partial charge >= 0.3 is 0 Å². The third kappa shape index (κ3) is 3.85. The van der Waals surface area contributed by atoms with Gasteiger partial charge in [-0.2, -0.15) is 0 Å². The first-order chi connectivity index (χ1) is 9.60. The summed E-state index contributed by atoms with van der Waals surface area (Å²) >= 11 is 7.37. The van der Waals surface area contributed by atoms with Gasteiger partial charge in [0, 0.05) is 23.3 Å². The van der Waals surface area contributed by atoms with Crippen molar-refractivity contribution < 1.29 is 0 Å². The molecule has 3 N–H and O–H groups in total. The van der Waals surface area contributed by atoms with Crippen molar-refractivity contribution in [2.75, 3.05) is 0 Å². The average Bonchev–Trinajstić information content (AvgIpc) is 2.45. The first-order valence-corrected chi connectivity index (χ1v) is 7.59. The maximum absolute atomic E-state index is 11.3. The van der Waals surface area contributed by atoms with E-state index >= 15 is 0 Å². The fraction of sp³-hybridized carbons (Fsp3) is 0.286. The zero-order valence-corrected chi connectivity index (χ0v) is 12.6. The Morgan fingerprint density at radius 1 is 1.35 bits per heavy atom. The Kier molecular flexibility index (Phi) is 5.23. The van der Waals surface area contributed by atoms with Crippen LogP contribution in [0.1, 0.15) is 24.2 Å². The van der Waals surface area contributed by atoms with Crippen LogP contribution in [0.4, 0.5) is 0 Å². The van der Waals surface area contributed by atoms with Crippen LogP contribution in [0, 0.1) is 0 Å². The molecular weight excluding hydrogens is 294 g/mol. The second-order valence-electron chi connectivity index (χ2n) is 4.40. The summed E-state index contributed by atoms with van der Waals surface area (Å²) in [4.78, 5) is 18.2. The topological polar surface area (TPSA) is 71.8 Å². The Morgan fingerprint density at radius 3 is 2.65 bits per heavy atom. The van der Waals surface area contributed by atoms with Gasteiger partial charge in [0.1, 0.15) is 0 Å². The highest BCUT2D eigenvalue weighted by molar-refractivity contribution is 7.99. The minimum absolute atomic E-state index is 0.0165. The fourth-order valence-corrected chi connectivity index (χ4v) is 3.11. The minimum atomic E-state index is -0.164. The van der Waals surface area contributed by atoms with E-state index in [4.69, 9.17) is 17.3 Å². The van der Waals surface area contributed by atoms with E-state index in [0.29, 0.717) is 10.2 Å². The lowest BCUT2D eigenvalue weighted by molar-refractivity contribution is 0.632. The van der Waals surface area contributed by atoms with Crippen molar-refractivity contribution in [2.45, 2.75) is 29.8 Å². The van der Waals surface area contributed by atoms with Crippen LogP contribution in [-0.4, -0.2) is 16.0 Å². The summed E-state index contributed by atoms with van der Waals surface area (Å²) in [6, 6.07) is 8.95. The van der Waals surface area contributed by atoms with Gasteiger partial charge in [0.2, 0.25) is 0 Å². The molecule has 2 unspecified atom stereocenters.